The molecule has 4 nitrogen and oxygen atoms in total. The molecule has 1 fully saturated rings. The van der Waals surface area contributed by atoms with Crippen molar-refractivity contribution in [2.45, 2.75) is 38.8 Å². The summed E-state index contributed by atoms with van der Waals surface area (Å²) in [6, 6.07) is 7.81. The number of amides is 2. The van der Waals surface area contributed by atoms with Gasteiger partial charge in [-0.25, -0.2) is 4.79 Å². The van der Waals surface area contributed by atoms with Gasteiger partial charge < -0.3 is 15.5 Å². The molecule has 0 spiro atoms. The highest BCUT2D eigenvalue weighted by Crippen LogP contribution is 2.15. The number of benzene rings is 1. The van der Waals surface area contributed by atoms with Gasteiger partial charge in [0.05, 0.1) is 0 Å². The van der Waals surface area contributed by atoms with Crippen LogP contribution in [0.15, 0.2) is 24.3 Å². The highest BCUT2D eigenvalue weighted by atomic mass is 35.5. The van der Waals surface area contributed by atoms with Crippen LogP contribution in [0, 0.1) is 0 Å². The van der Waals surface area contributed by atoms with E-state index in [1.807, 2.05) is 0 Å². The average Bonchev–Trinajstić information content (AvgIpc) is 2.42. The molecule has 0 saturated carbocycles. The van der Waals surface area contributed by atoms with Crippen molar-refractivity contribution in [2.24, 2.45) is 0 Å². The van der Waals surface area contributed by atoms with Crippen LogP contribution < -0.4 is 10.6 Å². The third-order valence-electron chi connectivity index (χ3n) is 3.70. The Balaban J connectivity index is 1.77. The minimum absolute atomic E-state index is 0.143. The van der Waals surface area contributed by atoms with E-state index in [0.29, 0.717) is 11.1 Å². The lowest BCUT2D eigenvalue weighted by Crippen LogP contribution is -2.47. The number of carbonyl (C=O) groups excluding carboxylic acids is 1. The number of nitrogens with zero attached hydrogens (tertiary/aromatic N) is 1. The molecule has 5 heteroatoms. The third kappa shape index (κ3) is 4.39. The van der Waals surface area contributed by atoms with Crippen molar-refractivity contribution in [3.8, 4) is 0 Å². The zero-order chi connectivity index (χ0) is 14.5. The molecule has 20 heavy (non-hydrogen) atoms. The summed E-state index contributed by atoms with van der Waals surface area (Å²) in [5.41, 5.74) is 0.756. The maximum Gasteiger partial charge on any atom is 0.319 e. The van der Waals surface area contributed by atoms with Crippen molar-refractivity contribution < 1.29 is 4.79 Å². The Morgan fingerprint density at radius 3 is 2.40 bits per heavy atom. The normalized spacial score (nSPS) is 17.2. The minimum atomic E-state index is -0.143. The van der Waals surface area contributed by atoms with Gasteiger partial charge >= 0.3 is 6.03 Å². The lowest BCUT2D eigenvalue weighted by atomic mass is 10.0. The number of likely N-dealkylation sites (tertiary alicyclic amines) is 1. The molecule has 1 saturated heterocycles. The first-order valence-electron chi connectivity index (χ1n) is 7.12. The summed E-state index contributed by atoms with van der Waals surface area (Å²) >= 11 is 5.81. The molecule has 1 aromatic carbocycles. The largest absolute Gasteiger partial charge is 0.335 e. The number of hydrogen-bond acceptors (Lipinski definition) is 2. The highest BCUT2D eigenvalue weighted by Gasteiger charge is 2.21. The molecule has 1 aromatic rings. The molecule has 0 bridgehead atoms. The van der Waals surface area contributed by atoms with Gasteiger partial charge in [0.2, 0.25) is 0 Å². The predicted octanol–water partition coefficient (Wildman–Crippen LogP) is 3.33. The SMILES string of the molecule is CC(C)N1CCC(NC(=O)Nc2ccc(Cl)cc2)CC1. The van der Waals surface area contributed by atoms with Gasteiger partial charge in [-0.1, -0.05) is 11.6 Å². The van der Waals surface area contributed by atoms with Crippen LogP contribution in [-0.4, -0.2) is 36.1 Å². The van der Waals surface area contributed by atoms with Gasteiger partial charge in [-0.15, -0.1) is 0 Å². The number of urea groups is 1. The van der Waals surface area contributed by atoms with Crippen LogP contribution in [0.25, 0.3) is 0 Å². The van der Waals surface area contributed by atoms with Crippen molar-refractivity contribution in [3.05, 3.63) is 29.3 Å². The van der Waals surface area contributed by atoms with Crippen molar-refractivity contribution >= 4 is 23.3 Å². The molecule has 0 aliphatic carbocycles. The van der Waals surface area contributed by atoms with E-state index in [2.05, 4.69) is 29.4 Å². The lowest BCUT2D eigenvalue weighted by Gasteiger charge is -2.34. The van der Waals surface area contributed by atoms with E-state index in [0.717, 1.165) is 31.6 Å². The summed E-state index contributed by atoms with van der Waals surface area (Å²) in [6.45, 7) is 6.51. The number of halogens is 1. The zero-order valence-corrected chi connectivity index (χ0v) is 12.8. The number of nitrogens with one attached hydrogen (secondary N) is 2. The molecule has 1 heterocycles. The van der Waals surface area contributed by atoms with Crippen LogP contribution >= 0.6 is 11.6 Å². The van der Waals surface area contributed by atoms with E-state index in [4.69, 9.17) is 11.6 Å². The molecule has 2 N–H and O–H groups in total. The number of piperidine rings is 1. The number of hydrogen-bond donors (Lipinski definition) is 2. The smallest absolute Gasteiger partial charge is 0.319 e. The highest BCUT2D eigenvalue weighted by molar-refractivity contribution is 6.30. The first kappa shape index (κ1) is 15.1. The van der Waals surface area contributed by atoms with Crippen molar-refractivity contribution in [1.29, 1.82) is 0 Å². The van der Waals surface area contributed by atoms with Gasteiger partial charge in [0.1, 0.15) is 0 Å². The van der Waals surface area contributed by atoms with E-state index in [9.17, 15) is 4.79 Å². The first-order chi connectivity index (χ1) is 9.54. The fraction of sp³-hybridized carbons (Fsp3) is 0.533. The first-order valence-corrected chi connectivity index (χ1v) is 7.49. The molecular weight excluding hydrogens is 274 g/mol. The quantitative estimate of drug-likeness (QED) is 0.898. The van der Waals surface area contributed by atoms with Crippen LogP contribution in [0.2, 0.25) is 5.02 Å². The fourth-order valence-corrected chi connectivity index (χ4v) is 2.57. The summed E-state index contributed by atoms with van der Waals surface area (Å²) in [5, 5.41) is 6.52. The fourth-order valence-electron chi connectivity index (χ4n) is 2.45. The Morgan fingerprint density at radius 1 is 1.25 bits per heavy atom. The number of rotatable bonds is 3. The molecular formula is C15H22ClN3O. The van der Waals surface area contributed by atoms with Crippen LogP contribution in [0.5, 0.6) is 0 Å². The lowest BCUT2D eigenvalue weighted by molar-refractivity contribution is 0.163. The Morgan fingerprint density at radius 2 is 1.85 bits per heavy atom. The second-order valence-electron chi connectivity index (χ2n) is 5.51. The van der Waals surface area contributed by atoms with E-state index in [-0.39, 0.29) is 12.1 Å². The molecule has 1 aliphatic heterocycles. The topological polar surface area (TPSA) is 44.4 Å². The summed E-state index contributed by atoms with van der Waals surface area (Å²) in [7, 11) is 0. The molecule has 2 rings (SSSR count). The molecule has 2 amide bonds. The van der Waals surface area contributed by atoms with Gasteiger partial charge in [0.25, 0.3) is 0 Å². The molecule has 110 valence electrons. The predicted molar refractivity (Wildman–Crippen MR) is 83.3 cm³/mol. The van der Waals surface area contributed by atoms with Gasteiger partial charge in [-0.05, 0) is 51.0 Å². The zero-order valence-electron chi connectivity index (χ0n) is 12.0. The molecule has 1 aliphatic rings. The van der Waals surface area contributed by atoms with Gasteiger partial charge in [-0.2, -0.15) is 0 Å². The van der Waals surface area contributed by atoms with E-state index >= 15 is 0 Å². The monoisotopic (exact) mass is 295 g/mol. The van der Waals surface area contributed by atoms with Gasteiger partial charge in [0.15, 0.2) is 0 Å². The minimum Gasteiger partial charge on any atom is -0.335 e. The van der Waals surface area contributed by atoms with Crippen molar-refractivity contribution in [2.75, 3.05) is 18.4 Å². The van der Waals surface area contributed by atoms with Gasteiger partial charge in [-0.3, -0.25) is 0 Å². The maximum atomic E-state index is 11.9. The molecule has 0 atom stereocenters. The van der Waals surface area contributed by atoms with Gasteiger partial charge in [0, 0.05) is 35.9 Å². The maximum absolute atomic E-state index is 11.9. The Kier molecular flexibility index (Phi) is 5.26. The number of anilines is 1. The van der Waals surface area contributed by atoms with E-state index in [1.165, 1.54) is 0 Å². The Bertz CT molecular complexity index is 439. The van der Waals surface area contributed by atoms with Crippen LogP contribution in [0.3, 0.4) is 0 Å². The Hall–Kier alpha value is -1.26. The molecule has 0 radical (unpaired) electrons. The summed E-state index contributed by atoms with van der Waals surface area (Å²) < 4.78 is 0. The number of carbonyl (C=O) groups is 1. The summed E-state index contributed by atoms with van der Waals surface area (Å²) in [4.78, 5) is 14.4. The second kappa shape index (κ2) is 6.95. The van der Waals surface area contributed by atoms with E-state index < -0.39 is 0 Å². The summed E-state index contributed by atoms with van der Waals surface area (Å²) in [5.74, 6) is 0. The third-order valence-corrected chi connectivity index (χ3v) is 3.95. The van der Waals surface area contributed by atoms with Crippen LogP contribution in [-0.2, 0) is 0 Å². The van der Waals surface area contributed by atoms with Crippen molar-refractivity contribution in [3.63, 3.8) is 0 Å². The van der Waals surface area contributed by atoms with Crippen molar-refractivity contribution in [1.82, 2.24) is 10.2 Å². The standard InChI is InChI=1S/C15H22ClN3O/c1-11(2)19-9-7-14(8-10-19)18-15(20)17-13-5-3-12(16)4-6-13/h3-6,11,14H,7-10H2,1-2H3,(H2,17,18,20). The summed E-state index contributed by atoms with van der Waals surface area (Å²) in [6.07, 6.45) is 2.01. The van der Waals surface area contributed by atoms with Crippen LogP contribution in [0.1, 0.15) is 26.7 Å². The molecule has 0 unspecified atom stereocenters. The molecule has 0 aromatic heterocycles. The average molecular weight is 296 g/mol. The van der Waals surface area contributed by atoms with Crippen LogP contribution in [0.4, 0.5) is 10.5 Å². The second-order valence-corrected chi connectivity index (χ2v) is 5.95. The van der Waals surface area contributed by atoms with E-state index in [1.54, 1.807) is 24.3 Å². The Labute approximate surface area is 125 Å².